The van der Waals surface area contributed by atoms with Crippen LogP contribution >= 0.6 is 11.6 Å². The highest BCUT2D eigenvalue weighted by Gasteiger charge is 2.30. The Kier molecular flexibility index (Phi) is 9.57. The van der Waals surface area contributed by atoms with Crippen LogP contribution in [-0.2, 0) is 6.18 Å². The molecule has 5 N–H and O–H groups in total. The van der Waals surface area contributed by atoms with Crippen molar-refractivity contribution in [2.45, 2.75) is 38.4 Å². The minimum Gasteiger partial charge on any atom is -0.338 e. The normalized spacial score (nSPS) is 11.6. The van der Waals surface area contributed by atoms with Crippen LogP contribution in [0.1, 0.15) is 32.3 Å². The first-order valence-corrected chi connectivity index (χ1v) is 11.0. The van der Waals surface area contributed by atoms with Gasteiger partial charge in [0.25, 0.3) is 0 Å². The molecule has 0 atom stereocenters. The molecule has 34 heavy (non-hydrogen) atoms. The molecular formula is C23H29ClF3N5O2. The Balaban J connectivity index is 1.89. The lowest BCUT2D eigenvalue weighted by Gasteiger charge is -2.27. The van der Waals surface area contributed by atoms with Crippen molar-refractivity contribution in [3.63, 3.8) is 0 Å². The first-order valence-electron chi connectivity index (χ1n) is 10.7. The van der Waals surface area contributed by atoms with Crippen molar-refractivity contribution in [3.05, 3.63) is 59.1 Å². The summed E-state index contributed by atoms with van der Waals surface area (Å²) in [4.78, 5) is 26.3. The van der Waals surface area contributed by atoms with Crippen LogP contribution in [0.2, 0.25) is 5.02 Å². The van der Waals surface area contributed by atoms with E-state index in [0.29, 0.717) is 43.2 Å². The lowest BCUT2D eigenvalue weighted by Crippen LogP contribution is -2.42. The fourth-order valence-electron chi connectivity index (χ4n) is 2.90. The maximum absolute atomic E-state index is 12.8. The monoisotopic (exact) mass is 499 g/mol. The summed E-state index contributed by atoms with van der Waals surface area (Å²) < 4.78 is 38.2. The minimum absolute atomic E-state index is 0.244. The SMILES string of the molecule is CC(C)(N)CCN(CCCNC(=O)Nc1cccc(Cl)c1)C(=O)Nc1ccc(C(F)(F)F)cc1. The van der Waals surface area contributed by atoms with Crippen LogP contribution < -0.4 is 21.7 Å². The highest BCUT2D eigenvalue weighted by molar-refractivity contribution is 6.30. The Morgan fingerprint density at radius 3 is 2.26 bits per heavy atom. The van der Waals surface area contributed by atoms with Crippen LogP contribution in [-0.4, -0.2) is 42.1 Å². The molecule has 2 rings (SSSR count). The molecule has 0 aliphatic carbocycles. The second kappa shape index (κ2) is 11.9. The number of hydrogen-bond donors (Lipinski definition) is 4. The zero-order valence-corrected chi connectivity index (χ0v) is 19.8. The Labute approximate surface area is 201 Å². The highest BCUT2D eigenvalue weighted by atomic mass is 35.5. The second-order valence-electron chi connectivity index (χ2n) is 8.48. The van der Waals surface area contributed by atoms with E-state index in [1.807, 2.05) is 13.8 Å². The third-order valence-electron chi connectivity index (χ3n) is 4.75. The van der Waals surface area contributed by atoms with Gasteiger partial charge in [0.1, 0.15) is 0 Å². The predicted octanol–water partition coefficient (Wildman–Crippen LogP) is 5.53. The van der Waals surface area contributed by atoms with Gasteiger partial charge in [-0.2, -0.15) is 13.2 Å². The van der Waals surface area contributed by atoms with Crippen LogP contribution in [0, 0.1) is 0 Å². The Morgan fingerprint density at radius 1 is 1.00 bits per heavy atom. The maximum atomic E-state index is 12.8. The molecule has 0 heterocycles. The first kappa shape index (κ1) is 27.3. The van der Waals surface area contributed by atoms with E-state index in [-0.39, 0.29) is 5.69 Å². The van der Waals surface area contributed by atoms with Crippen LogP contribution in [0.5, 0.6) is 0 Å². The molecule has 0 aromatic heterocycles. The summed E-state index contributed by atoms with van der Waals surface area (Å²) in [6.45, 7) is 4.61. The Morgan fingerprint density at radius 2 is 1.68 bits per heavy atom. The van der Waals surface area contributed by atoms with Gasteiger partial charge in [-0.05, 0) is 69.2 Å². The highest BCUT2D eigenvalue weighted by Crippen LogP contribution is 2.29. The van der Waals surface area contributed by atoms with Crippen LogP contribution in [0.15, 0.2) is 48.5 Å². The Hall–Kier alpha value is -2.98. The summed E-state index contributed by atoms with van der Waals surface area (Å²) >= 11 is 5.89. The van der Waals surface area contributed by atoms with E-state index in [2.05, 4.69) is 16.0 Å². The largest absolute Gasteiger partial charge is 0.416 e. The molecule has 2 aromatic carbocycles. The van der Waals surface area contributed by atoms with Crippen molar-refractivity contribution in [2.24, 2.45) is 5.73 Å². The average molecular weight is 500 g/mol. The number of hydrogen-bond acceptors (Lipinski definition) is 3. The minimum atomic E-state index is -4.45. The first-order chi connectivity index (χ1) is 15.8. The smallest absolute Gasteiger partial charge is 0.338 e. The lowest BCUT2D eigenvalue weighted by molar-refractivity contribution is -0.137. The predicted molar refractivity (Wildman–Crippen MR) is 128 cm³/mol. The quantitative estimate of drug-likeness (QED) is 0.341. The van der Waals surface area contributed by atoms with Crippen LogP contribution in [0.3, 0.4) is 0 Å². The van der Waals surface area contributed by atoms with E-state index >= 15 is 0 Å². The topological polar surface area (TPSA) is 99.5 Å². The molecule has 0 bridgehead atoms. The van der Waals surface area contributed by atoms with Gasteiger partial charge < -0.3 is 26.6 Å². The molecule has 11 heteroatoms. The summed E-state index contributed by atoms with van der Waals surface area (Å²) in [5, 5.41) is 8.47. The molecule has 0 unspecified atom stereocenters. The van der Waals surface area contributed by atoms with Crippen molar-refractivity contribution < 1.29 is 22.8 Å². The fraction of sp³-hybridized carbons (Fsp3) is 0.391. The van der Waals surface area contributed by atoms with Gasteiger partial charge >= 0.3 is 18.2 Å². The fourth-order valence-corrected chi connectivity index (χ4v) is 3.09. The number of carbonyl (C=O) groups is 2. The molecule has 7 nitrogen and oxygen atoms in total. The van der Waals surface area contributed by atoms with Gasteiger partial charge in [-0.15, -0.1) is 0 Å². The van der Waals surface area contributed by atoms with Crippen molar-refractivity contribution in [3.8, 4) is 0 Å². The number of carbonyl (C=O) groups excluding carboxylic acids is 2. The number of nitrogens with two attached hydrogens (primary N) is 1. The number of nitrogens with zero attached hydrogens (tertiary/aromatic N) is 1. The molecule has 0 fully saturated rings. The molecular weight excluding hydrogens is 471 g/mol. The molecule has 2 aromatic rings. The number of amides is 4. The van der Waals surface area contributed by atoms with E-state index in [9.17, 15) is 22.8 Å². The number of nitrogens with one attached hydrogen (secondary N) is 3. The number of halogens is 4. The Bertz CT molecular complexity index is 962. The van der Waals surface area contributed by atoms with Crippen molar-refractivity contribution >= 4 is 35.0 Å². The number of benzene rings is 2. The zero-order valence-electron chi connectivity index (χ0n) is 19.0. The van der Waals surface area contributed by atoms with Gasteiger partial charge in [-0.25, -0.2) is 9.59 Å². The summed E-state index contributed by atoms with van der Waals surface area (Å²) in [6.07, 6.45) is -3.49. The molecule has 0 spiro atoms. The molecule has 0 saturated heterocycles. The lowest BCUT2D eigenvalue weighted by atomic mass is 10.0. The number of alkyl halides is 3. The standard InChI is InChI=1S/C23H29ClF3N5O2/c1-22(2,28)11-14-32(21(34)31-18-9-7-16(8-10-18)23(25,26)27)13-4-12-29-20(33)30-19-6-3-5-17(24)15-19/h3,5-10,15H,4,11-14,28H2,1-2H3,(H,31,34)(H2,29,30,33). The molecule has 186 valence electrons. The van der Waals surface area contributed by atoms with Crippen LogP contribution in [0.4, 0.5) is 34.1 Å². The van der Waals surface area contributed by atoms with E-state index in [1.165, 1.54) is 17.0 Å². The second-order valence-corrected chi connectivity index (χ2v) is 8.91. The summed E-state index contributed by atoms with van der Waals surface area (Å²) in [5.41, 5.74) is 5.52. The van der Waals surface area contributed by atoms with E-state index in [4.69, 9.17) is 17.3 Å². The van der Waals surface area contributed by atoms with Crippen molar-refractivity contribution in [1.82, 2.24) is 10.2 Å². The summed E-state index contributed by atoms with van der Waals surface area (Å²) in [7, 11) is 0. The van der Waals surface area contributed by atoms with E-state index in [1.54, 1.807) is 24.3 Å². The number of anilines is 2. The van der Waals surface area contributed by atoms with Gasteiger partial charge in [0.2, 0.25) is 0 Å². The number of urea groups is 2. The van der Waals surface area contributed by atoms with Gasteiger partial charge in [0.05, 0.1) is 5.56 Å². The van der Waals surface area contributed by atoms with E-state index < -0.39 is 29.3 Å². The summed E-state index contributed by atoms with van der Waals surface area (Å²) in [6, 6.07) is 10.1. The molecule has 0 radical (unpaired) electrons. The van der Waals surface area contributed by atoms with Gasteiger partial charge in [-0.3, -0.25) is 0 Å². The molecule has 0 aliphatic rings. The number of rotatable bonds is 9. The molecule has 0 aliphatic heterocycles. The average Bonchev–Trinajstić information content (AvgIpc) is 2.72. The van der Waals surface area contributed by atoms with Gasteiger partial charge in [0.15, 0.2) is 0 Å². The van der Waals surface area contributed by atoms with Crippen molar-refractivity contribution in [1.29, 1.82) is 0 Å². The van der Waals surface area contributed by atoms with Crippen LogP contribution in [0.25, 0.3) is 0 Å². The van der Waals surface area contributed by atoms with Crippen molar-refractivity contribution in [2.75, 3.05) is 30.3 Å². The summed E-state index contributed by atoms with van der Waals surface area (Å²) in [5.74, 6) is 0. The van der Waals surface area contributed by atoms with Gasteiger partial charge in [0, 0.05) is 41.6 Å². The maximum Gasteiger partial charge on any atom is 0.416 e. The van der Waals surface area contributed by atoms with E-state index in [0.717, 1.165) is 12.1 Å². The van der Waals surface area contributed by atoms with Gasteiger partial charge in [-0.1, -0.05) is 17.7 Å². The zero-order chi connectivity index (χ0) is 25.4. The molecule has 4 amide bonds. The third kappa shape index (κ3) is 9.88. The third-order valence-corrected chi connectivity index (χ3v) is 4.98. The molecule has 0 saturated carbocycles.